The molecule has 0 aliphatic heterocycles. The molecular weight excluding hydrogens is 310 g/mol. The number of aromatic nitrogens is 4. The van der Waals surface area contributed by atoms with E-state index in [-0.39, 0.29) is 12.0 Å². The highest BCUT2D eigenvalue weighted by Crippen LogP contribution is 2.31. The summed E-state index contributed by atoms with van der Waals surface area (Å²) in [7, 11) is 0. The van der Waals surface area contributed by atoms with E-state index < -0.39 is 0 Å². The molecule has 0 fully saturated rings. The summed E-state index contributed by atoms with van der Waals surface area (Å²) >= 11 is 0. The number of nitrogens with one attached hydrogen (secondary N) is 2. The number of rotatable bonds is 5. The minimum atomic E-state index is -0.252. The Hall–Kier alpha value is -3.16. The summed E-state index contributed by atoms with van der Waals surface area (Å²) in [4.78, 5) is 12.3. The lowest BCUT2D eigenvalue weighted by Crippen LogP contribution is -2.12. The molecule has 2 heterocycles. The molecule has 0 bridgehead atoms. The first kappa shape index (κ1) is 15.7. The molecule has 0 saturated carbocycles. The number of hydrogen-bond acceptors (Lipinski definition) is 6. The zero-order chi connectivity index (χ0) is 17.1. The number of anilines is 1. The lowest BCUT2D eigenvalue weighted by molar-refractivity contribution is 0.102. The fraction of sp³-hybridized carbons (Fsp3) is 0.250. The third-order valence-electron chi connectivity index (χ3n) is 3.29. The van der Waals surface area contributed by atoms with Gasteiger partial charge in [-0.2, -0.15) is 5.21 Å². The maximum atomic E-state index is 12.3. The Morgan fingerprint density at radius 2 is 2.17 bits per heavy atom. The molecule has 24 heavy (non-hydrogen) atoms. The van der Waals surface area contributed by atoms with Gasteiger partial charge in [0.05, 0.1) is 23.5 Å². The van der Waals surface area contributed by atoms with Crippen LogP contribution in [0.1, 0.15) is 29.8 Å². The highest BCUT2D eigenvalue weighted by Gasteiger charge is 2.16. The van der Waals surface area contributed by atoms with Crippen molar-refractivity contribution < 1.29 is 13.9 Å². The van der Waals surface area contributed by atoms with Gasteiger partial charge in [-0.25, -0.2) is 0 Å². The first-order valence-corrected chi connectivity index (χ1v) is 7.43. The number of furan rings is 1. The minimum Gasteiger partial charge on any atom is -0.490 e. The van der Waals surface area contributed by atoms with Gasteiger partial charge >= 0.3 is 0 Å². The number of H-pyrrole nitrogens is 1. The quantitative estimate of drug-likeness (QED) is 0.746. The lowest BCUT2D eigenvalue weighted by atomic mass is 10.1. The zero-order valence-corrected chi connectivity index (χ0v) is 13.5. The zero-order valence-electron chi connectivity index (χ0n) is 13.5. The van der Waals surface area contributed by atoms with Crippen molar-refractivity contribution in [2.75, 3.05) is 5.32 Å². The number of carbonyl (C=O) groups is 1. The van der Waals surface area contributed by atoms with Crippen LogP contribution >= 0.6 is 0 Å². The number of ether oxygens (including phenoxy) is 1. The number of aromatic amines is 1. The van der Waals surface area contributed by atoms with Crippen molar-refractivity contribution in [3.8, 4) is 17.1 Å². The molecule has 2 N–H and O–H groups in total. The Kier molecular flexibility index (Phi) is 4.28. The van der Waals surface area contributed by atoms with Crippen LogP contribution in [0.2, 0.25) is 0 Å². The highest BCUT2D eigenvalue weighted by atomic mass is 16.5. The maximum absolute atomic E-state index is 12.3. The van der Waals surface area contributed by atoms with Crippen LogP contribution in [0.25, 0.3) is 11.4 Å². The van der Waals surface area contributed by atoms with E-state index in [2.05, 4.69) is 25.9 Å². The molecule has 0 atom stereocenters. The molecule has 3 aromatic rings. The average molecular weight is 327 g/mol. The Morgan fingerprint density at radius 3 is 2.79 bits per heavy atom. The summed E-state index contributed by atoms with van der Waals surface area (Å²) in [6.45, 7) is 5.66. The van der Waals surface area contributed by atoms with E-state index in [0.29, 0.717) is 28.4 Å². The van der Waals surface area contributed by atoms with Crippen molar-refractivity contribution in [3.63, 3.8) is 0 Å². The van der Waals surface area contributed by atoms with Gasteiger partial charge in [0.1, 0.15) is 12.0 Å². The number of carbonyl (C=O) groups excluding carboxylic acids is 1. The molecule has 3 rings (SSSR count). The van der Waals surface area contributed by atoms with E-state index >= 15 is 0 Å². The molecule has 8 nitrogen and oxygen atoms in total. The predicted molar refractivity (Wildman–Crippen MR) is 86.8 cm³/mol. The fourth-order valence-electron chi connectivity index (χ4n) is 2.21. The van der Waals surface area contributed by atoms with Crippen LogP contribution in [0, 0.1) is 6.92 Å². The summed E-state index contributed by atoms with van der Waals surface area (Å²) in [5.74, 6) is 0.753. The molecule has 2 aromatic heterocycles. The molecule has 1 amide bonds. The van der Waals surface area contributed by atoms with Gasteiger partial charge in [0.15, 0.2) is 0 Å². The van der Waals surface area contributed by atoms with Gasteiger partial charge in [0.2, 0.25) is 5.82 Å². The molecule has 8 heteroatoms. The third kappa shape index (κ3) is 3.27. The van der Waals surface area contributed by atoms with Crippen LogP contribution in [0.5, 0.6) is 5.75 Å². The molecule has 0 saturated heterocycles. The van der Waals surface area contributed by atoms with Gasteiger partial charge in [-0.15, -0.1) is 10.2 Å². The summed E-state index contributed by atoms with van der Waals surface area (Å²) in [5.41, 5.74) is 2.49. The van der Waals surface area contributed by atoms with E-state index in [1.807, 2.05) is 20.8 Å². The van der Waals surface area contributed by atoms with E-state index in [1.54, 1.807) is 18.2 Å². The number of nitrogens with zero attached hydrogens (tertiary/aromatic N) is 3. The van der Waals surface area contributed by atoms with Crippen LogP contribution < -0.4 is 10.1 Å². The summed E-state index contributed by atoms with van der Waals surface area (Å²) in [6.07, 6.45) is 2.94. The molecule has 0 aliphatic carbocycles. The van der Waals surface area contributed by atoms with Gasteiger partial charge in [-0.1, -0.05) is 0 Å². The fourth-order valence-corrected chi connectivity index (χ4v) is 2.21. The molecular formula is C16H17N5O3. The van der Waals surface area contributed by atoms with Crippen LogP contribution in [0.4, 0.5) is 5.69 Å². The van der Waals surface area contributed by atoms with Crippen molar-refractivity contribution in [2.45, 2.75) is 26.9 Å². The monoisotopic (exact) mass is 327 g/mol. The van der Waals surface area contributed by atoms with Crippen molar-refractivity contribution in [1.29, 1.82) is 0 Å². The summed E-state index contributed by atoms with van der Waals surface area (Å²) < 4.78 is 10.8. The number of tetrazole rings is 1. The second-order valence-corrected chi connectivity index (χ2v) is 5.54. The van der Waals surface area contributed by atoms with Gasteiger partial charge in [-0.3, -0.25) is 4.79 Å². The van der Waals surface area contributed by atoms with Crippen molar-refractivity contribution >= 4 is 11.6 Å². The van der Waals surface area contributed by atoms with E-state index in [9.17, 15) is 4.79 Å². The summed E-state index contributed by atoms with van der Waals surface area (Å²) in [6, 6.07) is 5.27. The Bertz CT molecular complexity index is 839. The SMILES string of the molecule is Cc1cocc1C(=O)Nc1ccc(OC(C)C)c(-c2nn[nH]n2)c1. The average Bonchev–Trinajstić information content (AvgIpc) is 3.19. The van der Waals surface area contributed by atoms with Crippen molar-refractivity contribution in [2.24, 2.45) is 0 Å². The maximum Gasteiger partial charge on any atom is 0.259 e. The Balaban J connectivity index is 1.91. The van der Waals surface area contributed by atoms with Gasteiger partial charge in [0.25, 0.3) is 5.91 Å². The van der Waals surface area contributed by atoms with Gasteiger partial charge < -0.3 is 14.5 Å². The molecule has 1 aromatic carbocycles. The molecule has 124 valence electrons. The smallest absolute Gasteiger partial charge is 0.259 e. The Morgan fingerprint density at radius 1 is 1.33 bits per heavy atom. The van der Waals surface area contributed by atoms with Crippen LogP contribution in [-0.4, -0.2) is 32.6 Å². The van der Waals surface area contributed by atoms with Gasteiger partial charge in [-0.05, 0) is 49.7 Å². The van der Waals surface area contributed by atoms with Gasteiger partial charge in [0, 0.05) is 5.69 Å². The minimum absolute atomic E-state index is 0.00956. The van der Waals surface area contributed by atoms with Crippen molar-refractivity contribution in [3.05, 3.63) is 41.9 Å². The standard InChI is InChI=1S/C16H17N5O3/c1-9(2)24-14-5-4-11(6-12(14)15-18-20-21-19-15)17-16(22)13-8-23-7-10(13)3/h4-9H,1-3H3,(H,17,22)(H,18,19,20,21). The lowest BCUT2D eigenvalue weighted by Gasteiger charge is -2.14. The molecule has 0 aliphatic rings. The molecule has 0 spiro atoms. The normalized spacial score (nSPS) is 10.8. The van der Waals surface area contributed by atoms with E-state index in [0.717, 1.165) is 5.56 Å². The molecule has 0 radical (unpaired) electrons. The number of benzene rings is 1. The van der Waals surface area contributed by atoms with Crippen molar-refractivity contribution in [1.82, 2.24) is 20.6 Å². The number of amides is 1. The van der Waals surface area contributed by atoms with E-state index in [1.165, 1.54) is 12.5 Å². The molecule has 0 unspecified atom stereocenters. The van der Waals surface area contributed by atoms with Crippen LogP contribution in [-0.2, 0) is 0 Å². The topological polar surface area (TPSA) is 106 Å². The Labute approximate surface area is 138 Å². The number of aryl methyl sites for hydroxylation is 1. The van der Waals surface area contributed by atoms with E-state index in [4.69, 9.17) is 9.15 Å². The largest absolute Gasteiger partial charge is 0.490 e. The van der Waals surface area contributed by atoms with Crippen LogP contribution in [0.15, 0.2) is 35.1 Å². The predicted octanol–water partition coefficient (Wildman–Crippen LogP) is 2.81. The van der Waals surface area contributed by atoms with Crippen LogP contribution in [0.3, 0.4) is 0 Å². The first-order valence-electron chi connectivity index (χ1n) is 7.43. The second kappa shape index (κ2) is 6.53. The number of hydrogen-bond donors (Lipinski definition) is 2. The highest BCUT2D eigenvalue weighted by molar-refractivity contribution is 6.05. The third-order valence-corrected chi connectivity index (χ3v) is 3.29. The second-order valence-electron chi connectivity index (χ2n) is 5.54. The summed E-state index contributed by atoms with van der Waals surface area (Å²) in [5, 5.41) is 16.8. The first-order chi connectivity index (χ1) is 11.5.